The summed E-state index contributed by atoms with van der Waals surface area (Å²) in [7, 11) is 4.66. The minimum absolute atomic E-state index is 0.0222. The molecule has 0 aliphatic carbocycles. The molecule has 1 amide bonds. The number of pyridine rings is 1. The topological polar surface area (TPSA) is 102 Å². The molecule has 1 aliphatic rings. The first kappa shape index (κ1) is 20.8. The second-order valence-electron chi connectivity index (χ2n) is 7.35. The van der Waals surface area contributed by atoms with Crippen LogP contribution < -0.4 is 9.47 Å². The van der Waals surface area contributed by atoms with Crippen LogP contribution in [0.5, 0.6) is 11.8 Å². The molecule has 0 saturated carbocycles. The van der Waals surface area contributed by atoms with Crippen molar-refractivity contribution in [2.75, 3.05) is 41.0 Å². The number of carbonyl (C=O) groups excluding carboxylic acids is 1. The van der Waals surface area contributed by atoms with Crippen LogP contribution in [0.2, 0.25) is 0 Å². The number of nitrogens with zero attached hydrogens (tertiary/aromatic N) is 4. The summed E-state index contributed by atoms with van der Waals surface area (Å²) in [6, 6.07) is 13.1. The van der Waals surface area contributed by atoms with Crippen molar-refractivity contribution < 1.29 is 19.0 Å². The van der Waals surface area contributed by atoms with Gasteiger partial charge in [0.05, 0.1) is 20.8 Å². The lowest BCUT2D eigenvalue weighted by atomic mass is 9.96. The molecular formula is C22H25N5O4. The fraction of sp³-hybridized carbons (Fsp3) is 0.364. The molecule has 3 heterocycles. The lowest BCUT2D eigenvalue weighted by Crippen LogP contribution is -2.30. The predicted octanol–water partition coefficient (Wildman–Crippen LogP) is 2.39. The molecule has 31 heavy (non-hydrogen) atoms. The van der Waals surface area contributed by atoms with Gasteiger partial charge in [-0.1, -0.05) is 30.3 Å². The number of benzene rings is 1. The van der Waals surface area contributed by atoms with Gasteiger partial charge in [0.1, 0.15) is 11.4 Å². The van der Waals surface area contributed by atoms with E-state index < -0.39 is 0 Å². The SMILES string of the molecule is COC[C@@H]1CN(C(=O)c2ccc(OC)nc2OC)C[C@H]1c1nc(-c2ccccc2)n[nH]1. The quantitative estimate of drug-likeness (QED) is 0.622. The molecule has 3 aromatic rings. The van der Waals surface area contributed by atoms with Crippen LogP contribution >= 0.6 is 0 Å². The molecule has 1 saturated heterocycles. The largest absolute Gasteiger partial charge is 0.481 e. The first-order valence-electron chi connectivity index (χ1n) is 9.99. The zero-order valence-electron chi connectivity index (χ0n) is 17.7. The number of aromatic amines is 1. The molecule has 1 N–H and O–H groups in total. The van der Waals surface area contributed by atoms with Gasteiger partial charge >= 0.3 is 0 Å². The first-order chi connectivity index (χ1) is 15.1. The van der Waals surface area contributed by atoms with Crippen LogP contribution in [0.25, 0.3) is 11.4 Å². The minimum Gasteiger partial charge on any atom is -0.481 e. The van der Waals surface area contributed by atoms with Crippen molar-refractivity contribution in [3.63, 3.8) is 0 Å². The summed E-state index contributed by atoms with van der Waals surface area (Å²) in [5.41, 5.74) is 1.33. The van der Waals surface area contributed by atoms with Crippen LogP contribution in [0.3, 0.4) is 0 Å². The third kappa shape index (κ3) is 4.22. The molecule has 1 aliphatic heterocycles. The number of carbonyl (C=O) groups is 1. The number of hydrogen-bond donors (Lipinski definition) is 1. The number of methoxy groups -OCH3 is 3. The smallest absolute Gasteiger partial charge is 0.259 e. The number of aromatic nitrogens is 4. The van der Waals surface area contributed by atoms with Crippen LogP contribution in [0.4, 0.5) is 0 Å². The summed E-state index contributed by atoms with van der Waals surface area (Å²) in [5.74, 6) is 1.92. The van der Waals surface area contributed by atoms with Crippen LogP contribution in [0.15, 0.2) is 42.5 Å². The number of hydrogen-bond acceptors (Lipinski definition) is 7. The fourth-order valence-corrected chi connectivity index (χ4v) is 3.91. The van der Waals surface area contributed by atoms with Gasteiger partial charge in [0, 0.05) is 43.7 Å². The van der Waals surface area contributed by atoms with Gasteiger partial charge in [0.2, 0.25) is 11.8 Å². The van der Waals surface area contributed by atoms with E-state index >= 15 is 0 Å². The summed E-state index contributed by atoms with van der Waals surface area (Å²) in [5, 5.41) is 7.44. The van der Waals surface area contributed by atoms with Crippen molar-refractivity contribution in [2.24, 2.45) is 5.92 Å². The summed E-state index contributed by atoms with van der Waals surface area (Å²) in [6.07, 6.45) is 0. The van der Waals surface area contributed by atoms with Crippen molar-refractivity contribution in [1.29, 1.82) is 0 Å². The van der Waals surface area contributed by atoms with Crippen molar-refractivity contribution in [3.05, 3.63) is 53.9 Å². The molecule has 0 unspecified atom stereocenters. The Labute approximate surface area is 180 Å². The molecule has 1 fully saturated rings. The number of nitrogens with one attached hydrogen (secondary N) is 1. The van der Waals surface area contributed by atoms with Crippen LogP contribution in [-0.2, 0) is 4.74 Å². The van der Waals surface area contributed by atoms with Crippen molar-refractivity contribution >= 4 is 5.91 Å². The normalized spacial score (nSPS) is 18.2. The highest BCUT2D eigenvalue weighted by Crippen LogP contribution is 2.34. The highest BCUT2D eigenvalue weighted by Gasteiger charge is 2.39. The van der Waals surface area contributed by atoms with E-state index in [0.717, 1.165) is 11.4 Å². The van der Waals surface area contributed by atoms with Gasteiger partial charge < -0.3 is 19.1 Å². The summed E-state index contributed by atoms with van der Waals surface area (Å²) >= 11 is 0. The molecule has 0 spiro atoms. The van der Waals surface area contributed by atoms with Crippen LogP contribution in [-0.4, -0.2) is 72.0 Å². The van der Waals surface area contributed by atoms with Crippen molar-refractivity contribution in [2.45, 2.75) is 5.92 Å². The molecule has 0 bridgehead atoms. The second-order valence-corrected chi connectivity index (χ2v) is 7.35. The Morgan fingerprint density at radius 1 is 1.06 bits per heavy atom. The number of rotatable bonds is 7. The molecule has 9 heteroatoms. The average Bonchev–Trinajstić information content (AvgIpc) is 3.46. The monoisotopic (exact) mass is 423 g/mol. The summed E-state index contributed by atoms with van der Waals surface area (Å²) in [6.45, 7) is 1.53. The molecule has 162 valence electrons. The molecule has 4 rings (SSSR count). The molecule has 9 nitrogen and oxygen atoms in total. The van der Waals surface area contributed by atoms with Gasteiger partial charge in [-0.15, -0.1) is 0 Å². The molecule has 2 aromatic heterocycles. The maximum Gasteiger partial charge on any atom is 0.259 e. The molecule has 2 atom stereocenters. The standard InChI is InChI=1S/C22H25N5O4/c1-29-13-15-11-27(22(28)16-9-10-18(30-2)23-21(16)31-3)12-17(15)20-24-19(25-26-20)14-7-5-4-6-8-14/h4-10,15,17H,11-13H2,1-3H3,(H,24,25,26)/t15-,17+/m0/s1. The third-order valence-electron chi connectivity index (χ3n) is 5.46. The van der Waals surface area contributed by atoms with E-state index in [1.807, 2.05) is 30.3 Å². The van der Waals surface area contributed by atoms with Gasteiger partial charge in [-0.3, -0.25) is 9.89 Å². The van der Waals surface area contributed by atoms with Gasteiger partial charge in [-0.2, -0.15) is 10.1 Å². The molecule has 1 aromatic carbocycles. The Kier molecular flexibility index (Phi) is 6.13. The fourth-order valence-electron chi connectivity index (χ4n) is 3.91. The Hall–Kier alpha value is -3.46. The Morgan fingerprint density at radius 2 is 1.87 bits per heavy atom. The van der Waals surface area contributed by atoms with Gasteiger partial charge in [0.25, 0.3) is 5.91 Å². The number of amides is 1. The van der Waals surface area contributed by atoms with E-state index in [0.29, 0.717) is 37.0 Å². The van der Waals surface area contributed by atoms with Gasteiger partial charge in [-0.25, -0.2) is 4.98 Å². The average molecular weight is 423 g/mol. The zero-order valence-corrected chi connectivity index (χ0v) is 17.7. The Bertz CT molecular complexity index is 1040. The van der Waals surface area contributed by atoms with E-state index in [2.05, 4.69) is 15.2 Å². The number of likely N-dealkylation sites (tertiary alicyclic amines) is 1. The summed E-state index contributed by atoms with van der Waals surface area (Å²) in [4.78, 5) is 24.0. The van der Waals surface area contributed by atoms with Gasteiger partial charge in [0.15, 0.2) is 5.82 Å². The van der Waals surface area contributed by atoms with E-state index in [4.69, 9.17) is 19.2 Å². The highest BCUT2D eigenvalue weighted by atomic mass is 16.5. The van der Waals surface area contributed by atoms with E-state index in [1.54, 1.807) is 24.1 Å². The summed E-state index contributed by atoms with van der Waals surface area (Å²) < 4.78 is 15.9. The Balaban J connectivity index is 1.57. The number of ether oxygens (including phenoxy) is 3. The van der Waals surface area contributed by atoms with Gasteiger partial charge in [-0.05, 0) is 6.07 Å². The lowest BCUT2D eigenvalue weighted by molar-refractivity contribution is 0.0771. The number of H-pyrrole nitrogens is 1. The van der Waals surface area contributed by atoms with E-state index in [9.17, 15) is 4.79 Å². The third-order valence-corrected chi connectivity index (χ3v) is 5.46. The Morgan fingerprint density at radius 3 is 2.58 bits per heavy atom. The minimum atomic E-state index is -0.154. The first-order valence-corrected chi connectivity index (χ1v) is 9.99. The maximum absolute atomic E-state index is 13.3. The predicted molar refractivity (Wildman–Crippen MR) is 113 cm³/mol. The van der Waals surface area contributed by atoms with Crippen LogP contribution in [0, 0.1) is 5.92 Å². The van der Waals surface area contributed by atoms with Crippen molar-refractivity contribution in [3.8, 4) is 23.1 Å². The molecular weight excluding hydrogens is 398 g/mol. The highest BCUT2D eigenvalue weighted by molar-refractivity contribution is 5.96. The maximum atomic E-state index is 13.3. The second kappa shape index (κ2) is 9.13. The van der Waals surface area contributed by atoms with Crippen molar-refractivity contribution in [1.82, 2.24) is 25.1 Å². The van der Waals surface area contributed by atoms with E-state index in [-0.39, 0.29) is 23.6 Å². The van der Waals surface area contributed by atoms with Crippen LogP contribution in [0.1, 0.15) is 22.1 Å². The lowest BCUT2D eigenvalue weighted by Gasteiger charge is -2.17. The zero-order chi connectivity index (χ0) is 21.8. The molecule has 0 radical (unpaired) electrons. The van der Waals surface area contributed by atoms with E-state index in [1.165, 1.54) is 14.2 Å².